The lowest BCUT2D eigenvalue weighted by molar-refractivity contribution is 0.392. The highest BCUT2D eigenvalue weighted by molar-refractivity contribution is 6.43. The third kappa shape index (κ3) is 17.9. The van der Waals surface area contributed by atoms with E-state index in [0.717, 1.165) is 11.3 Å². The van der Waals surface area contributed by atoms with Gasteiger partial charge in [-0.3, -0.25) is 5.34 Å². The quantitative estimate of drug-likeness (QED) is 0.124. The van der Waals surface area contributed by atoms with Crippen LogP contribution in [0.4, 0.5) is 0 Å². The smallest absolute Gasteiger partial charge is 0.407 e. The van der Waals surface area contributed by atoms with E-state index in [1.807, 2.05) is 0 Å². The SMILES string of the molecule is CCCCCCCCCCCCC(CCCCCCCCCC)Cc1nnn(NB(O)O)n1. The lowest BCUT2D eigenvalue weighted by Gasteiger charge is -2.15. The Morgan fingerprint density at radius 2 is 1.12 bits per heavy atom. The fourth-order valence-electron chi connectivity index (χ4n) is 4.58. The Balaban J connectivity index is 2.27. The van der Waals surface area contributed by atoms with Gasteiger partial charge in [-0.15, -0.1) is 10.2 Å². The second-order valence-electron chi connectivity index (χ2n) is 9.80. The molecule has 0 aliphatic heterocycles. The summed E-state index contributed by atoms with van der Waals surface area (Å²) in [5, 5.41) is 32.5. The highest BCUT2D eigenvalue weighted by Crippen LogP contribution is 2.22. The van der Waals surface area contributed by atoms with Crippen molar-refractivity contribution in [2.45, 2.75) is 149 Å². The van der Waals surface area contributed by atoms with Gasteiger partial charge in [0, 0.05) is 6.42 Å². The molecule has 33 heavy (non-hydrogen) atoms. The first-order chi connectivity index (χ1) is 16.2. The van der Waals surface area contributed by atoms with Crippen molar-refractivity contribution < 1.29 is 10.0 Å². The molecule has 3 N–H and O–H groups in total. The molecule has 1 heterocycles. The molecule has 7 nitrogen and oxygen atoms in total. The summed E-state index contributed by atoms with van der Waals surface area (Å²) in [6.07, 6.45) is 27.7. The normalized spacial score (nSPS) is 12.2. The van der Waals surface area contributed by atoms with Crippen molar-refractivity contribution >= 4 is 7.25 Å². The van der Waals surface area contributed by atoms with Crippen LogP contribution in [0, 0.1) is 5.92 Å². The van der Waals surface area contributed by atoms with Gasteiger partial charge in [-0.2, -0.15) is 0 Å². The standard InChI is InChI=1S/C25H52BN5O2/c1-3-5-7-9-11-13-14-16-18-20-22-24(21-19-17-15-12-10-8-6-4-2)23-25-27-30-31(28-25)29-26(32)33/h24,29,32-33H,3-23H2,1-2H3. The highest BCUT2D eigenvalue weighted by Gasteiger charge is 2.15. The Hall–Kier alpha value is -1.15. The van der Waals surface area contributed by atoms with Gasteiger partial charge < -0.3 is 10.0 Å². The van der Waals surface area contributed by atoms with Gasteiger partial charge in [-0.1, -0.05) is 147 Å². The number of rotatable bonds is 24. The molecule has 1 aromatic rings. The van der Waals surface area contributed by atoms with E-state index in [-0.39, 0.29) is 0 Å². The zero-order valence-electron chi connectivity index (χ0n) is 21.7. The van der Waals surface area contributed by atoms with Gasteiger partial charge in [0.05, 0.1) is 0 Å². The summed E-state index contributed by atoms with van der Waals surface area (Å²) < 4.78 is 0. The highest BCUT2D eigenvalue weighted by atomic mass is 16.4. The number of unbranched alkanes of at least 4 members (excludes halogenated alkanes) is 16. The van der Waals surface area contributed by atoms with Crippen LogP contribution in [0.5, 0.6) is 0 Å². The molecule has 0 saturated heterocycles. The second kappa shape index (κ2) is 21.4. The number of hydrogen-bond acceptors (Lipinski definition) is 6. The molecule has 0 amide bonds. The van der Waals surface area contributed by atoms with Crippen LogP contribution in [0.1, 0.15) is 148 Å². The third-order valence-corrected chi connectivity index (χ3v) is 6.59. The van der Waals surface area contributed by atoms with Gasteiger partial charge in [0.25, 0.3) is 0 Å². The Labute approximate surface area is 203 Å². The summed E-state index contributed by atoms with van der Waals surface area (Å²) in [7, 11) is -1.69. The number of nitrogens with zero attached hydrogens (tertiary/aromatic N) is 4. The molecule has 1 rings (SSSR count). The molecule has 0 fully saturated rings. The predicted octanol–water partition coefficient (Wildman–Crippen LogP) is 6.19. The van der Waals surface area contributed by atoms with Crippen molar-refractivity contribution in [3.63, 3.8) is 0 Å². The van der Waals surface area contributed by atoms with Crippen LogP contribution in [0.25, 0.3) is 0 Å². The molecule has 1 atom stereocenters. The van der Waals surface area contributed by atoms with Crippen molar-refractivity contribution in [3.8, 4) is 0 Å². The van der Waals surface area contributed by atoms with Crippen LogP contribution in [-0.4, -0.2) is 37.6 Å². The average molecular weight is 466 g/mol. The first kappa shape index (κ1) is 29.9. The lowest BCUT2D eigenvalue weighted by atomic mass is 9.91. The van der Waals surface area contributed by atoms with Crippen LogP contribution >= 0.6 is 0 Å². The van der Waals surface area contributed by atoms with Crippen LogP contribution in [0.3, 0.4) is 0 Å². The Morgan fingerprint density at radius 1 is 0.697 bits per heavy atom. The summed E-state index contributed by atoms with van der Waals surface area (Å²) in [4.78, 5) is 1.05. The van der Waals surface area contributed by atoms with Gasteiger partial charge in [0.1, 0.15) is 0 Å². The molecule has 0 aliphatic carbocycles. The zero-order valence-corrected chi connectivity index (χ0v) is 21.7. The van der Waals surface area contributed by atoms with Crippen molar-refractivity contribution in [2.75, 3.05) is 5.34 Å². The molecule has 0 saturated carbocycles. The summed E-state index contributed by atoms with van der Waals surface area (Å²) >= 11 is 0. The van der Waals surface area contributed by atoms with Crippen LogP contribution in [0.15, 0.2) is 0 Å². The first-order valence-electron chi connectivity index (χ1n) is 14.1. The second-order valence-corrected chi connectivity index (χ2v) is 9.80. The zero-order chi connectivity index (χ0) is 24.0. The van der Waals surface area contributed by atoms with Crippen LogP contribution in [-0.2, 0) is 6.42 Å². The van der Waals surface area contributed by atoms with E-state index in [0.29, 0.717) is 11.7 Å². The van der Waals surface area contributed by atoms with E-state index < -0.39 is 7.25 Å². The van der Waals surface area contributed by atoms with E-state index in [2.05, 4.69) is 34.6 Å². The first-order valence-corrected chi connectivity index (χ1v) is 14.1. The van der Waals surface area contributed by atoms with E-state index >= 15 is 0 Å². The summed E-state index contributed by atoms with van der Waals surface area (Å²) in [5.74, 6) is 1.26. The topological polar surface area (TPSA) is 96.1 Å². The maximum atomic E-state index is 9.01. The Bertz CT molecular complexity index is 545. The molecule has 0 bridgehead atoms. The third-order valence-electron chi connectivity index (χ3n) is 6.59. The largest absolute Gasteiger partial charge is 0.603 e. The van der Waals surface area contributed by atoms with Gasteiger partial charge in [0.15, 0.2) is 5.82 Å². The Morgan fingerprint density at radius 3 is 1.55 bits per heavy atom. The maximum absolute atomic E-state index is 9.01. The molecular formula is C25H52BN5O2. The summed E-state index contributed by atoms with van der Waals surface area (Å²) in [6.45, 7) is 4.54. The monoisotopic (exact) mass is 465 g/mol. The molecule has 1 aromatic heterocycles. The minimum absolute atomic E-state index is 0.579. The van der Waals surface area contributed by atoms with Crippen LogP contribution < -0.4 is 5.34 Å². The van der Waals surface area contributed by atoms with E-state index in [1.54, 1.807) is 0 Å². The molecule has 0 spiro atoms. The number of hydrogen-bond donors (Lipinski definition) is 3. The van der Waals surface area contributed by atoms with Gasteiger partial charge in [0.2, 0.25) is 0 Å². The predicted molar refractivity (Wildman–Crippen MR) is 138 cm³/mol. The fourth-order valence-corrected chi connectivity index (χ4v) is 4.58. The number of nitrogens with one attached hydrogen (secondary N) is 1. The molecule has 0 aliphatic rings. The van der Waals surface area contributed by atoms with Gasteiger partial charge >= 0.3 is 7.25 Å². The van der Waals surface area contributed by atoms with Crippen molar-refractivity contribution in [3.05, 3.63) is 5.82 Å². The van der Waals surface area contributed by atoms with E-state index in [1.165, 1.54) is 128 Å². The minimum atomic E-state index is -1.69. The molecule has 1 unspecified atom stereocenters. The number of aromatic nitrogens is 4. The lowest BCUT2D eigenvalue weighted by Crippen LogP contribution is -2.33. The minimum Gasteiger partial charge on any atom is -0.407 e. The van der Waals surface area contributed by atoms with Crippen LogP contribution in [0.2, 0.25) is 0 Å². The van der Waals surface area contributed by atoms with Gasteiger partial charge in [-0.25, -0.2) is 0 Å². The van der Waals surface area contributed by atoms with Crippen molar-refractivity contribution in [1.82, 2.24) is 20.3 Å². The molecular weight excluding hydrogens is 413 g/mol. The van der Waals surface area contributed by atoms with Gasteiger partial charge in [-0.05, 0) is 11.1 Å². The summed E-state index contributed by atoms with van der Waals surface area (Å²) in [6, 6.07) is 0. The van der Waals surface area contributed by atoms with Crippen molar-refractivity contribution in [1.29, 1.82) is 0 Å². The van der Waals surface area contributed by atoms with E-state index in [9.17, 15) is 0 Å². The summed E-state index contributed by atoms with van der Waals surface area (Å²) in [5.41, 5.74) is 0. The maximum Gasteiger partial charge on any atom is 0.603 e. The molecule has 0 aromatic carbocycles. The fraction of sp³-hybridized carbons (Fsp3) is 0.960. The molecule has 192 valence electrons. The Kier molecular flexibility index (Phi) is 19.4. The molecule has 0 radical (unpaired) electrons. The average Bonchev–Trinajstić information content (AvgIpc) is 3.22. The van der Waals surface area contributed by atoms with Crippen molar-refractivity contribution in [2.24, 2.45) is 5.92 Å². The number of tetrazole rings is 1. The molecule has 8 heteroatoms. The van der Waals surface area contributed by atoms with E-state index in [4.69, 9.17) is 10.0 Å².